The number of hydrogen-bond acceptors (Lipinski definition) is 6. The van der Waals surface area contributed by atoms with Gasteiger partial charge < -0.3 is 29.0 Å². The third-order valence-corrected chi connectivity index (χ3v) is 3.93. The molecule has 1 aromatic carbocycles. The number of rotatable bonds is 7. The number of halogens is 1. The minimum absolute atomic E-state index is 0.296. The molecule has 0 radical (unpaired) electrons. The Bertz CT molecular complexity index is 472. The summed E-state index contributed by atoms with van der Waals surface area (Å²) in [5.74, 6) is -0.296. The summed E-state index contributed by atoms with van der Waals surface area (Å²) >= 11 is 0. The molecule has 0 saturated carbocycles. The Kier molecular flexibility index (Phi) is 6.73. The monoisotopic (exact) mass is 329 g/mol. The summed E-state index contributed by atoms with van der Waals surface area (Å²) in [7, 11) is 6.39. The fourth-order valence-corrected chi connectivity index (χ4v) is 2.85. The van der Waals surface area contributed by atoms with Crippen molar-refractivity contribution in [1.29, 1.82) is 0 Å². The lowest BCUT2D eigenvalue weighted by atomic mass is 9.97. The van der Waals surface area contributed by atoms with E-state index < -0.39 is 12.3 Å². The first-order valence-corrected chi connectivity index (χ1v) is 7.39. The summed E-state index contributed by atoms with van der Waals surface area (Å²) < 4.78 is 40.9. The molecule has 5 atom stereocenters. The molecule has 6 nitrogen and oxygen atoms in total. The summed E-state index contributed by atoms with van der Waals surface area (Å²) in [4.78, 5) is 0. The Labute approximate surface area is 135 Å². The first-order chi connectivity index (χ1) is 11.1. The maximum Gasteiger partial charge on any atom is 0.157 e. The topological polar surface area (TPSA) is 58.2 Å². The van der Waals surface area contributed by atoms with E-state index >= 15 is 0 Å². The molecule has 1 heterocycles. The Morgan fingerprint density at radius 1 is 0.957 bits per heavy atom. The van der Waals surface area contributed by atoms with Gasteiger partial charge in [0.25, 0.3) is 0 Å². The van der Waals surface area contributed by atoms with Crippen LogP contribution in [-0.4, -0.2) is 65.7 Å². The highest BCUT2D eigenvalue weighted by atomic mass is 19.1. The molecule has 0 aromatic heterocycles. The van der Waals surface area contributed by atoms with Gasteiger partial charge in [0.2, 0.25) is 0 Å². The van der Waals surface area contributed by atoms with Crippen molar-refractivity contribution in [1.82, 2.24) is 0 Å². The maximum atomic E-state index is 13.0. The number of benzene rings is 1. The van der Waals surface area contributed by atoms with E-state index in [1.165, 1.54) is 12.1 Å². The molecule has 1 aliphatic rings. The molecule has 1 N–H and O–H groups in total. The third-order valence-electron chi connectivity index (χ3n) is 3.93. The Morgan fingerprint density at radius 2 is 1.57 bits per heavy atom. The van der Waals surface area contributed by atoms with Crippen molar-refractivity contribution in [2.45, 2.75) is 30.6 Å². The molecular weight excluding hydrogens is 305 g/mol. The summed E-state index contributed by atoms with van der Waals surface area (Å²) in [6.45, 7) is 0.358. The second kappa shape index (κ2) is 8.56. The lowest BCUT2D eigenvalue weighted by molar-refractivity contribution is -0.243. The van der Waals surface area contributed by atoms with Gasteiger partial charge in [0.05, 0.1) is 6.61 Å². The molecule has 1 aliphatic heterocycles. The minimum atomic E-state index is -0.484. The van der Waals surface area contributed by atoms with Crippen molar-refractivity contribution >= 4 is 5.69 Å². The molecule has 23 heavy (non-hydrogen) atoms. The molecule has 0 unspecified atom stereocenters. The predicted octanol–water partition coefficient (Wildman–Crippen LogP) is 1.65. The van der Waals surface area contributed by atoms with Crippen molar-refractivity contribution in [2.75, 3.05) is 40.4 Å². The number of anilines is 1. The summed E-state index contributed by atoms with van der Waals surface area (Å²) in [5, 5.41) is 3.20. The van der Waals surface area contributed by atoms with Gasteiger partial charge in [0, 0.05) is 34.1 Å². The molecule has 0 spiro atoms. The zero-order chi connectivity index (χ0) is 16.8. The maximum absolute atomic E-state index is 13.0. The van der Waals surface area contributed by atoms with E-state index in [0.717, 1.165) is 5.69 Å². The summed E-state index contributed by atoms with van der Waals surface area (Å²) in [6, 6.07) is 6.04. The van der Waals surface area contributed by atoms with Gasteiger partial charge >= 0.3 is 0 Å². The first kappa shape index (κ1) is 18.1. The van der Waals surface area contributed by atoms with Gasteiger partial charge in [0.1, 0.15) is 30.2 Å². The SMILES string of the molecule is COC[C@H]1O[C@H](Nc2ccc(F)cc2)[C@H](OC)[C@@H](OC)[C@@H]1OC. The molecule has 0 amide bonds. The van der Waals surface area contributed by atoms with Crippen molar-refractivity contribution in [3.05, 3.63) is 30.1 Å². The minimum Gasteiger partial charge on any atom is -0.382 e. The largest absolute Gasteiger partial charge is 0.382 e. The smallest absolute Gasteiger partial charge is 0.157 e. The molecule has 1 saturated heterocycles. The molecular formula is C16H24FNO5. The molecule has 2 rings (SSSR count). The molecule has 1 aromatic rings. The fraction of sp³-hybridized carbons (Fsp3) is 0.625. The molecule has 1 fully saturated rings. The zero-order valence-electron chi connectivity index (χ0n) is 13.8. The Hall–Kier alpha value is -1.25. The quantitative estimate of drug-likeness (QED) is 0.821. The highest BCUT2D eigenvalue weighted by molar-refractivity contribution is 5.43. The second-order valence-corrected chi connectivity index (χ2v) is 5.30. The van der Waals surface area contributed by atoms with Crippen LogP contribution in [0.2, 0.25) is 0 Å². The highest BCUT2D eigenvalue weighted by Crippen LogP contribution is 2.28. The van der Waals surface area contributed by atoms with E-state index in [1.54, 1.807) is 40.6 Å². The summed E-state index contributed by atoms with van der Waals surface area (Å²) in [5.41, 5.74) is 0.723. The van der Waals surface area contributed by atoms with Gasteiger partial charge in [-0.25, -0.2) is 4.39 Å². The molecule has 0 aliphatic carbocycles. The van der Waals surface area contributed by atoms with Crippen molar-refractivity contribution in [2.24, 2.45) is 0 Å². The lowest BCUT2D eigenvalue weighted by Crippen LogP contribution is -2.62. The normalized spacial score (nSPS) is 31.1. The first-order valence-electron chi connectivity index (χ1n) is 7.39. The standard InChI is InChI=1S/C16H24FNO5/c1-19-9-12-13(20-2)14(21-3)15(22-4)16(23-12)18-11-7-5-10(17)6-8-11/h5-8,12-16,18H,9H2,1-4H3/t12-,13-,14+,15-,16+/m1/s1. The average molecular weight is 329 g/mol. The molecule has 130 valence electrons. The van der Waals surface area contributed by atoms with Gasteiger partial charge in [-0.3, -0.25) is 0 Å². The van der Waals surface area contributed by atoms with Crippen LogP contribution in [-0.2, 0) is 23.7 Å². The number of methoxy groups -OCH3 is 4. The van der Waals surface area contributed by atoms with E-state index in [2.05, 4.69) is 5.32 Å². The Morgan fingerprint density at radius 3 is 2.09 bits per heavy atom. The van der Waals surface area contributed by atoms with Crippen molar-refractivity contribution in [3.8, 4) is 0 Å². The molecule has 7 heteroatoms. The van der Waals surface area contributed by atoms with Crippen LogP contribution in [0.15, 0.2) is 24.3 Å². The van der Waals surface area contributed by atoms with Crippen LogP contribution in [0.4, 0.5) is 10.1 Å². The number of ether oxygens (including phenoxy) is 5. The van der Waals surface area contributed by atoms with E-state index in [1.807, 2.05) is 0 Å². The van der Waals surface area contributed by atoms with Crippen LogP contribution >= 0.6 is 0 Å². The number of hydrogen-bond donors (Lipinski definition) is 1. The van der Waals surface area contributed by atoms with Crippen LogP contribution in [0.1, 0.15) is 0 Å². The van der Waals surface area contributed by atoms with Crippen molar-refractivity contribution in [3.63, 3.8) is 0 Å². The van der Waals surface area contributed by atoms with Gasteiger partial charge in [-0.2, -0.15) is 0 Å². The highest BCUT2D eigenvalue weighted by Gasteiger charge is 2.47. The lowest BCUT2D eigenvalue weighted by Gasteiger charge is -2.45. The van der Waals surface area contributed by atoms with E-state index in [4.69, 9.17) is 23.7 Å². The number of nitrogens with one attached hydrogen (secondary N) is 1. The fourth-order valence-electron chi connectivity index (χ4n) is 2.85. The van der Waals surface area contributed by atoms with Crippen LogP contribution in [0.5, 0.6) is 0 Å². The predicted molar refractivity (Wildman–Crippen MR) is 83.0 cm³/mol. The van der Waals surface area contributed by atoms with E-state index in [-0.39, 0.29) is 24.1 Å². The molecule has 0 bridgehead atoms. The van der Waals surface area contributed by atoms with Gasteiger partial charge in [-0.1, -0.05) is 0 Å². The van der Waals surface area contributed by atoms with Crippen LogP contribution < -0.4 is 5.32 Å². The van der Waals surface area contributed by atoms with Gasteiger partial charge in [-0.05, 0) is 24.3 Å². The Balaban J connectivity index is 2.19. The zero-order valence-corrected chi connectivity index (χ0v) is 13.8. The van der Waals surface area contributed by atoms with Crippen molar-refractivity contribution < 1.29 is 28.1 Å². The summed E-state index contributed by atoms with van der Waals surface area (Å²) in [6.07, 6.45) is -1.86. The van der Waals surface area contributed by atoms with Crippen LogP contribution in [0.25, 0.3) is 0 Å². The van der Waals surface area contributed by atoms with Crippen LogP contribution in [0, 0.1) is 5.82 Å². The van der Waals surface area contributed by atoms with Gasteiger partial charge in [0.15, 0.2) is 6.23 Å². The van der Waals surface area contributed by atoms with Crippen LogP contribution in [0.3, 0.4) is 0 Å². The van der Waals surface area contributed by atoms with E-state index in [0.29, 0.717) is 6.61 Å². The average Bonchev–Trinajstić information content (AvgIpc) is 2.56. The van der Waals surface area contributed by atoms with Gasteiger partial charge in [-0.15, -0.1) is 0 Å². The second-order valence-electron chi connectivity index (χ2n) is 5.30. The van der Waals surface area contributed by atoms with E-state index in [9.17, 15) is 4.39 Å². The third kappa shape index (κ3) is 4.19.